The van der Waals surface area contributed by atoms with Gasteiger partial charge in [0.1, 0.15) is 20.3 Å². The summed E-state index contributed by atoms with van der Waals surface area (Å²) in [7, 11) is -1.72. The van der Waals surface area contributed by atoms with E-state index in [0.717, 1.165) is 0 Å². The van der Waals surface area contributed by atoms with Gasteiger partial charge in [-0.05, 0) is 0 Å². The number of aliphatic hydroxyl groups is 4. The Kier molecular flexibility index (Phi) is 3.79. The Hall–Kier alpha value is -0.423. The van der Waals surface area contributed by atoms with Crippen molar-refractivity contribution in [1.82, 2.24) is 0 Å². The molecule has 1 aliphatic rings. The van der Waals surface area contributed by atoms with Crippen LogP contribution >= 0.6 is 0 Å². The molecular weight excluding hydrogens is 228 g/mol. The third-order valence-electron chi connectivity index (χ3n) is 2.32. The van der Waals surface area contributed by atoms with Crippen LogP contribution < -0.4 is 0 Å². The zero-order chi connectivity index (χ0) is 12.6. The van der Waals surface area contributed by atoms with Crippen LogP contribution in [0.15, 0.2) is 0 Å². The lowest BCUT2D eigenvalue weighted by Crippen LogP contribution is -2.48. The highest BCUT2D eigenvalue weighted by Gasteiger charge is 2.54. The maximum atomic E-state index is 10.1. The van der Waals surface area contributed by atoms with Gasteiger partial charge in [0.25, 0.3) is 0 Å². The molecule has 16 heavy (non-hydrogen) atoms. The van der Waals surface area contributed by atoms with Gasteiger partial charge in [0.05, 0.1) is 6.61 Å². The van der Waals surface area contributed by atoms with Crippen LogP contribution in [-0.2, 0) is 4.74 Å². The first kappa shape index (κ1) is 13.6. The Balaban J connectivity index is 3.00. The van der Waals surface area contributed by atoms with Crippen LogP contribution in [0.3, 0.4) is 0 Å². The lowest BCUT2D eigenvalue weighted by Gasteiger charge is -2.24. The van der Waals surface area contributed by atoms with E-state index in [0.29, 0.717) is 0 Å². The van der Waals surface area contributed by atoms with Crippen molar-refractivity contribution in [2.75, 3.05) is 6.61 Å². The third-order valence-corrected chi connectivity index (χ3v) is 3.19. The minimum absolute atomic E-state index is 0.509. The fraction of sp³-hybridized carbons (Fsp3) is 0.800. The summed E-state index contributed by atoms with van der Waals surface area (Å²) in [6.45, 7) is 5.44. The average molecular weight is 246 g/mol. The number of hydrogen-bond donors (Lipinski definition) is 4. The molecule has 0 unspecified atom stereocenters. The first-order chi connectivity index (χ1) is 7.20. The van der Waals surface area contributed by atoms with Crippen molar-refractivity contribution in [2.24, 2.45) is 0 Å². The van der Waals surface area contributed by atoms with Crippen molar-refractivity contribution < 1.29 is 25.2 Å². The summed E-state index contributed by atoms with van der Waals surface area (Å²) in [6.07, 6.45) is -4.12. The van der Waals surface area contributed by atoms with E-state index >= 15 is 0 Å². The van der Waals surface area contributed by atoms with Crippen LogP contribution in [0.5, 0.6) is 0 Å². The van der Waals surface area contributed by atoms with Crippen molar-refractivity contribution in [3.8, 4) is 11.5 Å². The lowest BCUT2D eigenvalue weighted by atomic mass is 9.94. The fourth-order valence-electron chi connectivity index (χ4n) is 1.38. The Labute approximate surface area is 95.7 Å². The smallest absolute Gasteiger partial charge is 0.185 e. The highest BCUT2D eigenvalue weighted by molar-refractivity contribution is 6.83. The monoisotopic (exact) mass is 246 g/mol. The van der Waals surface area contributed by atoms with Crippen molar-refractivity contribution in [3.05, 3.63) is 0 Å². The van der Waals surface area contributed by atoms with Crippen molar-refractivity contribution >= 4 is 8.07 Å². The quantitative estimate of drug-likeness (QED) is 0.340. The maximum absolute atomic E-state index is 10.1. The van der Waals surface area contributed by atoms with Crippen LogP contribution in [0.2, 0.25) is 19.6 Å². The summed E-state index contributed by atoms with van der Waals surface area (Å²) in [5.74, 6) is 2.55. The minimum atomic E-state index is -1.89. The van der Waals surface area contributed by atoms with Crippen molar-refractivity contribution in [1.29, 1.82) is 0 Å². The van der Waals surface area contributed by atoms with Gasteiger partial charge in [-0.2, -0.15) is 0 Å². The molecule has 4 N–H and O–H groups in total. The van der Waals surface area contributed by atoms with Gasteiger partial charge in [-0.1, -0.05) is 25.6 Å². The fourth-order valence-corrected chi connectivity index (χ4v) is 1.95. The minimum Gasteiger partial charge on any atom is -0.394 e. The Morgan fingerprint density at radius 3 is 2.31 bits per heavy atom. The van der Waals surface area contributed by atoms with E-state index in [2.05, 4.69) is 11.5 Å². The predicted octanol–water partition coefficient (Wildman–Crippen LogP) is -1.33. The first-order valence-electron chi connectivity index (χ1n) is 5.10. The van der Waals surface area contributed by atoms with E-state index in [1.807, 2.05) is 19.6 Å². The SMILES string of the molecule is C[Si](C)(C)C#C[C@@]1(O)[C@@H](CO)O[C@@H](O)[C@@H]1O. The number of rotatable bonds is 1. The van der Waals surface area contributed by atoms with Gasteiger partial charge in [0.15, 0.2) is 11.9 Å². The zero-order valence-electron chi connectivity index (χ0n) is 9.64. The molecule has 0 bridgehead atoms. The second kappa shape index (κ2) is 4.45. The molecule has 1 saturated heterocycles. The summed E-state index contributed by atoms with van der Waals surface area (Å²) < 4.78 is 4.82. The molecule has 92 valence electrons. The number of ether oxygens (including phenoxy) is 1. The van der Waals surface area contributed by atoms with Crippen LogP contribution in [0.25, 0.3) is 0 Å². The molecule has 0 aromatic rings. The molecule has 5 nitrogen and oxygen atoms in total. The summed E-state index contributed by atoms with van der Waals surface area (Å²) in [5.41, 5.74) is 1.00. The van der Waals surface area contributed by atoms with Crippen molar-refractivity contribution in [2.45, 2.75) is 43.7 Å². The topological polar surface area (TPSA) is 90.2 Å². The molecule has 1 heterocycles. The summed E-state index contributed by atoms with van der Waals surface area (Å²) in [4.78, 5) is 0. The molecule has 6 heteroatoms. The number of aliphatic hydroxyl groups excluding tert-OH is 3. The predicted molar refractivity (Wildman–Crippen MR) is 60.0 cm³/mol. The van der Waals surface area contributed by atoms with Gasteiger partial charge in [0.2, 0.25) is 0 Å². The molecule has 0 saturated carbocycles. The van der Waals surface area contributed by atoms with E-state index in [1.165, 1.54) is 0 Å². The number of hydrogen-bond acceptors (Lipinski definition) is 5. The standard InChI is InChI=1S/C10H18O5Si/c1-16(2,3)5-4-10(14)7(6-11)15-9(13)8(10)12/h7-9,11-14H,6H2,1-3H3/t7-,8+,9-,10-/m1/s1. The van der Waals surface area contributed by atoms with Crippen LogP contribution in [-0.4, -0.2) is 59.2 Å². The molecule has 0 aliphatic carbocycles. The second-order valence-electron chi connectivity index (χ2n) is 4.97. The van der Waals surface area contributed by atoms with Gasteiger partial charge in [-0.3, -0.25) is 0 Å². The Morgan fingerprint density at radius 1 is 1.31 bits per heavy atom. The molecule has 0 spiro atoms. The van der Waals surface area contributed by atoms with E-state index in [1.54, 1.807) is 0 Å². The summed E-state index contributed by atoms with van der Waals surface area (Å²) in [5, 5.41) is 38.0. The molecule has 0 amide bonds. The molecule has 1 aliphatic heterocycles. The second-order valence-corrected chi connectivity index (χ2v) is 9.72. The molecule has 0 radical (unpaired) electrons. The normalized spacial score (nSPS) is 39.3. The van der Waals surface area contributed by atoms with Gasteiger partial charge >= 0.3 is 0 Å². The summed E-state index contributed by atoms with van der Waals surface area (Å²) >= 11 is 0. The van der Waals surface area contributed by atoms with E-state index in [4.69, 9.17) is 9.84 Å². The van der Waals surface area contributed by atoms with Crippen LogP contribution in [0.1, 0.15) is 0 Å². The zero-order valence-corrected chi connectivity index (χ0v) is 10.6. The van der Waals surface area contributed by atoms with Crippen molar-refractivity contribution in [3.63, 3.8) is 0 Å². The van der Waals surface area contributed by atoms with E-state index < -0.39 is 38.8 Å². The van der Waals surface area contributed by atoms with Crippen LogP contribution in [0, 0.1) is 11.5 Å². The molecular formula is C10H18O5Si. The lowest BCUT2D eigenvalue weighted by molar-refractivity contribution is -0.132. The van der Waals surface area contributed by atoms with E-state index in [9.17, 15) is 15.3 Å². The largest absolute Gasteiger partial charge is 0.394 e. The maximum Gasteiger partial charge on any atom is 0.185 e. The van der Waals surface area contributed by atoms with Gasteiger partial charge in [-0.25, -0.2) is 0 Å². The molecule has 0 aromatic carbocycles. The molecule has 4 atom stereocenters. The Bertz CT molecular complexity index is 315. The van der Waals surface area contributed by atoms with Crippen LogP contribution in [0.4, 0.5) is 0 Å². The first-order valence-corrected chi connectivity index (χ1v) is 8.60. The highest BCUT2D eigenvalue weighted by atomic mass is 28.3. The average Bonchev–Trinajstić information content (AvgIpc) is 2.39. The molecule has 1 rings (SSSR count). The van der Waals surface area contributed by atoms with Gasteiger partial charge in [0, 0.05) is 0 Å². The third kappa shape index (κ3) is 2.63. The highest BCUT2D eigenvalue weighted by Crippen LogP contribution is 2.29. The molecule has 0 aromatic heterocycles. The summed E-state index contributed by atoms with van der Waals surface area (Å²) in [6, 6.07) is 0. The van der Waals surface area contributed by atoms with E-state index in [-0.39, 0.29) is 0 Å². The molecule has 1 fully saturated rings. The Morgan fingerprint density at radius 2 is 1.88 bits per heavy atom. The van der Waals surface area contributed by atoms with Gasteiger partial charge in [-0.15, -0.1) is 5.54 Å². The van der Waals surface area contributed by atoms with Gasteiger partial charge < -0.3 is 25.2 Å².